The lowest BCUT2D eigenvalue weighted by Gasteiger charge is -2.28. The first-order valence-electron chi connectivity index (χ1n) is 7.44. The lowest BCUT2D eigenvalue weighted by molar-refractivity contribution is 0.00770. The Balaban J connectivity index is 1.39. The van der Waals surface area contributed by atoms with E-state index in [4.69, 9.17) is 16.3 Å². The highest BCUT2D eigenvalue weighted by Gasteiger charge is 2.19. The van der Waals surface area contributed by atoms with Crippen LogP contribution in [0.1, 0.15) is 16.8 Å². The average Bonchev–Trinajstić information content (AvgIpc) is 2.97. The van der Waals surface area contributed by atoms with Crippen LogP contribution in [-0.4, -0.2) is 46.0 Å². The molecule has 0 saturated carbocycles. The van der Waals surface area contributed by atoms with Crippen molar-refractivity contribution in [1.29, 1.82) is 0 Å². The fraction of sp³-hybridized carbons (Fsp3) is 0.438. The molecule has 2 aromatic rings. The van der Waals surface area contributed by atoms with Gasteiger partial charge in [-0.05, 0) is 17.7 Å². The number of benzene rings is 1. The summed E-state index contributed by atoms with van der Waals surface area (Å²) in [6.45, 7) is 3.20. The van der Waals surface area contributed by atoms with Crippen LogP contribution in [0.2, 0.25) is 5.02 Å². The summed E-state index contributed by atoms with van der Waals surface area (Å²) in [6.07, 6.45) is 2.33. The number of nitrogens with zero attached hydrogens (tertiary/aromatic N) is 2. The van der Waals surface area contributed by atoms with Crippen molar-refractivity contribution in [3.8, 4) is 0 Å². The van der Waals surface area contributed by atoms with E-state index in [1.165, 1.54) is 11.3 Å². The van der Waals surface area contributed by atoms with Crippen LogP contribution < -0.4 is 0 Å². The minimum Gasteiger partial charge on any atom is -0.389 e. The third-order valence-electron chi connectivity index (χ3n) is 3.84. The quantitative estimate of drug-likeness (QED) is 0.854. The molecule has 0 saturated heterocycles. The molecule has 0 fully saturated rings. The van der Waals surface area contributed by atoms with Gasteiger partial charge in [0.05, 0.1) is 25.5 Å². The summed E-state index contributed by atoms with van der Waals surface area (Å²) in [5.74, 6) is 0. The molecule has 1 aromatic carbocycles. The van der Waals surface area contributed by atoms with Crippen molar-refractivity contribution in [3.63, 3.8) is 0 Å². The highest BCUT2D eigenvalue weighted by molar-refractivity contribution is 6.30. The van der Waals surface area contributed by atoms with Crippen LogP contribution in [0, 0.1) is 0 Å². The smallest absolute Gasteiger partial charge is 0.0900 e. The zero-order valence-electron chi connectivity index (χ0n) is 12.3. The Morgan fingerprint density at radius 1 is 1.36 bits per heavy atom. The van der Waals surface area contributed by atoms with Gasteiger partial charge in [-0.25, -0.2) is 0 Å². The second-order valence-corrected chi connectivity index (χ2v) is 6.09. The minimum atomic E-state index is -0.485. The maximum atomic E-state index is 10.1. The second kappa shape index (κ2) is 7.24. The molecule has 118 valence electrons. The monoisotopic (exact) mass is 321 g/mol. The summed E-state index contributed by atoms with van der Waals surface area (Å²) in [4.78, 5) is 2.23. The largest absolute Gasteiger partial charge is 0.389 e. The number of H-pyrrole nitrogens is 1. The summed E-state index contributed by atoms with van der Waals surface area (Å²) >= 11 is 5.84. The molecular weight excluding hydrogens is 302 g/mol. The molecule has 1 aliphatic heterocycles. The van der Waals surface area contributed by atoms with Gasteiger partial charge >= 0.3 is 0 Å². The number of fused-ring (bicyclic) bond motifs is 1. The fourth-order valence-corrected chi connectivity index (χ4v) is 2.81. The van der Waals surface area contributed by atoms with Gasteiger partial charge in [0.25, 0.3) is 0 Å². The Hall–Kier alpha value is -1.40. The Morgan fingerprint density at radius 2 is 2.18 bits per heavy atom. The van der Waals surface area contributed by atoms with Crippen molar-refractivity contribution in [2.45, 2.75) is 25.7 Å². The summed E-state index contributed by atoms with van der Waals surface area (Å²) in [7, 11) is 0. The molecule has 0 amide bonds. The average molecular weight is 322 g/mol. The van der Waals surface area contributed by atoms with E-state index < -0.39 is 6.10 Å². The van der Waals surface area contributed by atoms with E-state index in [9.17, 15) is 5.11 Å². The number of aliphatic hydroxyl groups is 1. The maximum absolute atomic E-state index is 10.1. The molecule has 0 spiro atoms. The maximum Gasteiger partial charge on any atom is 0.0900 e. The van der Waals surface area contributed by atoms with Gasteiger partial charge in [0.15, 0.2) is 0 Å². The molecule has 1 aromatic heterocycles. The van der Waals surface area contributed by atoms with Crippen LogP contribution in [0.25, 0.3) is 0 Å². The van der Waals surface area contributed by atoms with Crippen LogP contribution >= 0.6 is 11.6 Å². The van der Waals surface area contributed by atoms with E-state index in [0.717, 1.165) is 25.1 Å². The summed E-state index contributed by atoms with van der Waals surface area (Å²) in [5, 5.41) is 17.9. The summed E-state index contributed by atoms with van der Waals surface area (Å²) in [5.41, 5.74) is 3.49. The molecule has 6 heteroatoms. The predicted molar refractivity (Wildman–Crippen MR) is 84.7 cm³/mol. The molecule has 0 aliphatic carbocycles. The van der Waals surface area contributed by atoms with Gasteiger partial charge in [-0.1, -0.05) is 23.7 Å². The lowest BCUT2D eigenvalue weighted by Crippen LogP contribution is -2.38. The number of ether oxygens (including phenoxy) is 1. The number of hydrogen-bond acceptors (Lipinski definition) is 4. The van der Waals surface area contributed by atoms with Gasteiger partial charge in [0.1, 0.15) is 0 Å². The lowest BCUT2D eigenvalue weighted by atomic mass is 10.1. The number of β-amino-alcohol motifs (C(OH)–C–C–N with tert-alkyl or cyclic N) is 1. The zero-order chi connectivity index (χ0) is 15.4. The van der Waals surface area contributed by atoms with Crippen LogP contribution in [0.4, 0.5) is 0 Å². The Labute approximate surface area is 134 Å². The molecule has 0 radical (unpaired) electrons. The highest BCUT2D eigenvalue weighted by atomic mass is 35.5. The number of aromatic amines is 1. The number of halogens is 1. The number of nitrogens with one attached hydrogen (secondary N) is 1. The molecule has 1 unspecified atom stereocenters. The molecular formula is C16H20ClN3O2. The molecule has 5 nitrogen and oxygen atoms in total. The third-order valence-corrected chi connectivity index (χ3v) is 4.09. The molecule has 22 heavy (non-hydrogen) atoms. The Bertz CT molecular complexity index is 600. The van der Waals surface area contributed by atoms with Crippen LogP contribution in [0.15, 0.2) is 30.5 Å². The SMILES string of the molecule is OC(COCc1ccc(Cl)cc1)CN1CCc2[nH]ncc2C1. The van der Waals surface area contributed by atoms with Gasteiger partial charge in [-0.2, -0.15) is 5.10 Å². The van der Waals surface area contributed by atoms with Crippen LogP contribution in [-0.2, 0) is 24.3 Å². The van der Waals surface area contributed by atoms with Crippen molar-refractivity contribution in [1.82, 2.24) is 15.1 Å². The molecule has 3 rings (SSSR count). The van der Waals surface area contributed by atoms with Crippen LogP contribution in [0.3, 0.4) is 0 Å². The predicted octanol–water partition coefficient (Wildman–Crippen LogP) is 2.00. The number of aliphatic hydroxyl groups excluding tert-OH is 1. The Kier molecular flexibility index (Phi) is 5.10. The highest BCUT2D eigenvalue weighted by Crippen LogP contribution is 2.16. The van der Waals surface area contributed by atoms with E-state index in [-0.39, 0.29) is 0 Å². The van der Waals surface area contributed by atoms with Gasteiger partial charge < -0.3 is 9.84 Å². The van der Waals surface area contributed by atoms with Crippen molar-refractivity contribution < 1.29 is 9.84 Å². The first-order valence-corrected chi connectivity index (χ1v) is 7.82. The van der Waals surface area contributed by atoms with Gasteiger partial charge in [0.2, 0.25) is 0 Å². The summed E-state index contributed by atoms with van der Waals surface area (Å²) in [6, 6.07) is 7.54. The van der Waals surface area contributed by atoms with Crippen molar-refractivity contribution in [2.75, 3.05) is 19.7 Å². The van der Waals surface area contributed by atoms with Crippen molar-refractivity contribution in [3.05, 3.63) is 52.3 Å². The third kappa shape index (κ3) is 4.08. The molecule has 1 atom stereocenters. The first kappa shape index (κ1) is 15.5. The minimum absolute atomic E-state index is 0.331. The summed E-state index contributed by atoms with van der Waals surface area (Å²) < 4.78 is 5.58. The van der Waals surface area contributed by atoms with Gasteiger partial charge in [-0.15, -0.1) is 0 Å². The fourth-order valence-electron chi connectivity index (χ4n) is 2.68. The molecule has 0 bridgehead atoms. The van der Waals surface area contributed by atoms with Gasteiger partial charge in [0, 0.05) is 42.3 Å². The molecule has 2 heterocycles. The van der Waals surface area contributed by atoms with E-state index in [2.05, 4.69) is 15.1 Å². The van der Waals surface area contributed by atoms with Gasteiger partial charge in [-0.3, -0.25) is 10.00 Å². The van der Waals surface area contributed by atoms with E-state index >= 15 is 0 Å². The second-order valence-electron chi connectivity index (χ2n) is 5.65. The van der Waals surface area contributed by atoms with Crippen molar-refractivity contribution in [2.24, 2.45) is 0 Å². The standard InChI is InChI=1S/C16H20ClN3O2/c17-14-3-1-12(2-4-14)10-22-11-15(21)9-20-6-5-16-13(8-20)7-18-19-16/h1-4,7,15,21H,5-6,8-11H2,(H,18,19). The molecule has 1 aliphatic rings. The van der Waals surface area contributed by atoms with Crippen molar-refractivity contribution >= 4 is 11.6 Å². The van der Waals surface area contributed by atoms with E-state index in [1.807, 2.05) is 30.5 Å². The number of hydrogen-bond donors (Lipinski definition) is 2. The van der Waals surface area contributed by atoms with Crippen LogP contribution in [0.5, 0.6) is 0 Å². The topological polar surface area (TPSA) is 61.4 Å². The normalized spacial score (nSPS) is 16.5. The number of rotatable bonds is 6. The van der Waals surface area contributed by atoms with E-state index in [0.29, 0.717) is 24.8 Å². The first-order chi connectivity index (χ1) is 10.7. The molecule has 2 N–H and O–H groups in total. The Morgan fingerprint density at radius 3 is 3.00 bits per heavy atom. The number of aromatic nitrogens is 2. The van der Waals surface area contributed by atoms with E-state index in [1.54, 1.807) is 0 Å². The zero-order valence-corrected chi connectivity index (χ0v) is 13.1.